The van der Waals surface area contributed by atoms with Crippen molar-refractivity contribution in [2.24, 2.45) is 0 Å². The minimum Gasteiger partial charge on any atom is -0.489 e. The number of carbonyl (C=O) groups excluding carboxylic acids is 2. The van der Waals surface area contributed by atoms with E-state index in [2.05, 4.69) is 26.6 Å². The predicted molar refractivity (Wildman–Crippen MR) is 80.5 cm³/mol. The SMILES string of the molecule is CC(=O)N[C@@H](C)C(=O)NC[C@@H](C)Oc1cccc(Br)c1. The smallest absolute Gasteiger partial charge is 0.242 e. The monoisotopic (exact) mass is 342 g/mol. The number of carbonyl (C=O) groups is 2. The lowest BCUT2D eigenvalue weighted by Crippen LogP contribution is -2.46. The highest BCUT2D eigenvalue weighted by Gasteiger charge is 2.14. The molecule has 0 fully saturated rings. The van der Waals surface area contributed by atoms with Crippen LogP contribution in [0.3, 0.4) is 0 Å². The summed E-state index contributed by atoms with van der Waals surface area (Å²) in [5.74, 6) is 0.270. The molecule has 2 amide bonds. The second-order valence-corrected chi connectivity index (χ2v) is 5.47. The maximum atomic E-state index is 11.7. The molecule has 0 aliphatic heterocycles. The second kappa shape index (κ2) is 7.89. The summed E-state index contributed by atoms with van der Waals surface area (Å²) in [5, 5.41) is 5.26. The lowest BCUT2D eigenvalue weighted by Gasteiger charge is -2.18. The van der Waals surface area contributed by atoms with Crippen molar-refractivity contribution in [2.45, 2.75) is 32.9 Å². The third kappa shape index (κ3) is 6.06. The van der Waals surface area contributed by atoms with Crippen LogP contribution in [0.15, 0.2) is 28.7 Å². The fourth-order valence-corrected chi connectivity index (χ4v) is 1.96. The highest BCUT2D eigenvalue weighted by atomic mass is 79.9. The Labute approximate surface area is 127 Å². The summed E-state index contributed by atoms with van der Waals surface area (Å²) in [5.41, 5.74) is 0. The van der Waals surface area contributed by atoms with E-state index in [1.165, 1.54) is 6.92 Å². The summed E-state index contributed by atoms with van der Waals surface area (Å²) >= 11 is 3.37. The van der Waals surface area contributed by atoms with E-state index in [1.54, 1.807) is 6.92 Å². The third-order valence-electron chi connectivity index (χ3n) is 2.51. The lowest BCUT2D eigenvalue weighted by atomic mass is 10.3. The van der Waals surface area contributed by atoms with Gasteiger partial charge < -0.3 is 15.4 Å². The van der Waals surface area contributed by atoms with Crippen molar-refractivity contribution in [3.8, 4) is 5.75 Å². The van der Waals surface area contributed by atoms with Crippen LogP contribution in [0.5, 0.6) is 5.75 Å². The minimum atomic E-state index is -0.550. The van der Waals surface area contributed by atoms with Gasteiger partial charge in [0.2, 0.25) is 11.8 Å². The van der Waals surface area contributed by atoms with Gasteiger partial charge in [0.05, 0.1) is 6.54 Å². The summed E-state index contributed by atoms with van der Waals surface area (Å²) in [6.45, 7) is 5.25. The van der Waals surface area contributed by atoms with Crippen molar-refractivity contribution in [1.82, 2.24) is 10.6 Å². The highest BCUT2D eigenvalue weighted by Crippen LogP contribution is 2.18. The molecule has 0 bridgehead atoms. The first kappa shape index (κ1) is 16.5. The Balaban J connectivity index is 2.38. The van der Waals surface area contributed by atoms with Gasteiger partial charge in [-0.15, -0.1) is 0 Å². The van der Waals surface area contributed by atoms with Gasteiger partial charge in [0, 0.05) is 11.4 Å². The molecule has 1 aromatic rings. The molecule has 2 N–H and O–H groups in total. The fourth-order valence-electron chi connectivity index (χ4n) is 1.58. The Bertz CT molecular complexity index is 479. The molecule has 0 saturated carbocycles. The average molecular weight is 343 g/mol. The molecule has 0 aromatic heterocycles. The zero-order valence-electron chi connectivity index (χ0n) is 11.8. The Morgan fingerprint density at radius 2 is 2.05 bits per heavy atom. The van der Waals surface area contributed by atoms with Crippen LogP contribution in [0, 0.1) is 0 Å². The topological polar surface area (TPSA) is 67.4 Å². The van der Waals surface area contributed by atoms with Gasteiger partial charge in [-0.05, 0) is 32.0 Å². The first-order valence-electron chi connectivity index (χ1n) is 6.35. The molecule has 0 radical (unpaired) electrons. The van der Waals surface area contributed by atoms with E-state index in [4.69, 9.17) is 4.74 Å². The van der Waals surface area contributed by atoms with Crippen molar-refractivity contribution in [3.05, 3.63) is 28.7 Å². The van der Waals surface area contributed by atoms with Crippen LogP contribution < -0.4 is 15.4 Å². The van der Waals surface area contributed by atoms with Gasteiger partial charge in [0.1, 0.15) is 17.9 Å². The number of halogens is 1. The van der Waals surface area contributed by atoms with Gasteiger partial charge in [-0.25, -0.2) is 0 Å². The molecule has 0 heterocycles. The van der Waals surface area contributed by atoms with E-state index >= 15 is 0 Å². The van der Waals surface area contributed by atoms with Crippen LogP contribution in [0.4, 0.5) is 0 Å². The van der Waals surface area contributed by atoms with Crippen LogP contribution in [0.2, 0.25) is 0 Å². The van der Waals surface area contributed by atoms with Gasteiger partial charge in [-0.1, -0.05) is 22.0 Å². The van der Waals surface area contributed by atoms with E-state index < -0.39 is 6.04 Å². The largest absolute Gasteiger partial charge is 0.489 e. The number of rotatable bonds is 6. The second-order valence-electron chi connectivity index (χ2n) is 4.55. The molecule has 1 aromatic carbocycles. The molecule has 0 aliphatic carbocycles. The van der Waals surface area contributed by atoms with Crippen molar-refractivity contribution in [1.29, 1.82) is 0 Å². The van der Waals surface area contributed by atoms with Crippen molar-refractivity contribution in [2.75, 3.05) is 6.54 Å². The maximum absolute atomic E-state index is 11.7. The van der Waals surface area contributed by atoms with E-state index in [1.807, 2.05) is 31.2 Å². The number of ether oxygens (including phenoxy) is 1. The molecule has 110 valence electrons. The molecule has 0 unspecified atom stereocenters. The van der Waals surface area contributed by atoms with E-state index in [9.17, 15) is 9.59 Å². The molecule has 1 rings (SSSR count). The standard InChI is InChI=1S/C14H19BrN2O3/c1-9(20-13-6-4-5-12(15)7-13)8-16-14(19)10(2)17-11(3)18/h4-7,9-10H,8H2,1-3H3,(H,16,19)(H,17,18)/t9-,10+/m1/s1. The molecule has 2 atom stereocenters. The minimum absolute atomic E-state index is 0.169. The van der Waals surface area contributed by atoms with Crippen LogP contribution >= 0.6 is 15.9 Å². The van der Waals surface area contributed by atoms with Crippen molar-refractivity contribution < 1.29 is 14.3 Å². The number of benzene rings is 1. The number of hydrogen-bond acceptors (Lipinski definition) is 3. The summed E-state index contributed by atoms with van der Waals surface area (Å²) in [6.07, 6.45) is -0.169. The van der Waals surface area contributed by atoms with E-state index in [-0.39, 0.29) is 17.9 Å². The quantitative estimate of drug-likeness (QED) is 0.829. The highest BCUT2D eigenvalue weighted by molar-refractivity contribution is 9.10. The molecule has 0 spiro atoms. The summed E-state index contributed by atoms with van der Waals surface area (Å²) in [6, 6.07) is 6.95. The van der Waals surface area contributed by atoms with Crippen molar-refractivity contribution in [3.63, 3.8) is 0 Å². The van der Waals surface area contributed by atoms with Crippen LogP contribution in [-0.2, 0) is 9.59 Å². The summed E-state index contributed by atoms with van der Waals surface area (Å²) < 4.78 is 6.61. The van der Waals surface area contributed by atoms with Crippen molar-refractivity contribution >= 4 is 27.7 Å². The number of hydrogen-bond donors (Lipinski definition) is 2. The number of amides is 2. The molecule has 0 aliphatic rings. The molecule has 20 heavy (non-hydrogen) atoms. The fraction of sp³-hybridized carbons (Fsp3) is 0.429. The number of nitrogens with one attached hydrogen (secondary N) is 2. The molecular weight excluding hydrogens is 324 g/mol. The van der Waals surface area contributed by atoms with Gasteiger partial charge >= 0.3 is 0 Å². The molecule has 0 saturated heterocycles. The van der Waals surface area contributed by atoms with Gasteiger partial charge in [-0.3, -0.25) is 9.59 Å². The zero-order chi connectivity index (χ0) is 15.1. The Morgan fingerprint density at radius 3 is 2.65 bits per heavy atom. The Kier molecular flexibility index (Phi) is 6.51. The zero-order valence-corrected chi connectivity index (χ0v) is 13.4. The van der Waals surface area contributed by atoms with Crippen LogP contribution in [0.25, 0.3) is 0 Å². The van der Waals surface area contributed by atoms with Gasteiger partial charge in [0.25, 0.3) is 0 Å². The first-order chi connectivity index (χ1) is 9.38. The lowest BCUT2D eigenvalue weighted by molar-refractivity contribution is -0.127. The molecule has 5 nitrogen and oxygen atoms in total. The van der Waals surface area contributed by atoms with Gasteiger partial charge in [-0.2, -0.15) is 0 Å². The van der Waals surface area contributed by atoms with Crippen LogP contribution in [0.1, 0.15) is 20.8 Å². The summed E-state index contributed by atoms with van der Waals surface area (Å²) in [4.78, 5) is 22.6. The molecular formula is C14H19BrN2O3. The normalized spacial score (nSPS) is 13.2. The Morgan fingerprint density at radius 1 is 1.35 bits per heavy atom. The Hall–Kier alpha value is -1.56. The maximum Gasteiger partial charge on any atom is 0.242 e. The molecule has 6 heteroatoms. The predicted octanol–water partition coefficient (Wildman–Crippen LogP) is 1.86. The average Bonchev–Trinajstić information content (AvgIpc) is 2.35. The first-order valence-corrected chi connectivity index (χ1v) is 7.15. The van der Waals surface area contributed by atoms with Gasteiger partial charge in [0.15, 0.2) is 0 Å². The summed E-state index contributed by atoms with van der Waals surface area (Å²) in [7, 11) is 0. The van der Waals surface area contributed by atoms with E-state index in [0.29, 0.717) is 6.54 Å². The van der Waals surface area contributed by atoms with Crippen LogP contribution in [-0.4, -0.2) is 30.5 Å². The van der Waals surface area contributed by atoms with E-state index in [0.717, 1.165) is 10.2 Å². The third-order valence-corrected chi connectivity index (χ3v) is 3.00.